The van der Waals surface area contributed by atoms with Crippen LogP contribution in [0.15, 0.2) is 30.3 Å². The molecule has 1 aliphatic carbocycles. The van der Waals surface area contributed by atoms with Crippen molar-refractivity contribution in [2.45, 2.75) is 78.8 Å². The Labute approximate surface area is 216 Å². The van der Waals surface area contributed by atoms with Crippen molar-refractivity contribution in [1.29, 1.82) is 0 Å². The van der Waals surface area contributed by atoms with Crippen LogP contribution in [0.3, 0.4) is 0 Å². The highest BCUT2D eigenvalue weighted by atomic mass is 16.5. The number of amides is 1. The van der Waals surface area contributed by atoms with E-state index in [1.54, 1.807) is 4.90 Å². The molecule has 0 saturated carbocycles. The fraction of sp³-hybridized carbons (Fsp3) is 0.581. The van der Waals surface area contributed by atoms with Gasteiger partial charge in [0.15, 0.2) is 0 Å². The molecule has 1 amide bonds. The standard InChI is InChI=1S/C31H42N2O3/c1-6-15-36-28-20(2)16-25(17-21(28)3)23-7-8-26-24(18-23)9-12-31(4,5)29(26)33(30(34)35)27-19-32-13-10-22(27)11-14-32/h7-8,16-18,22,27,29H,6,9-15,19H2,1-5H3,(H,34,35)/p-1/t27-,29+/m1/s1. The van der Waals surface area contributed by atoms with Crippen molar-refractivity contribution >= 4 is 6.09 Å². The van der Waals surface area contributed by atoms with Crippen molar-refractivity contribution in [3.8, 4) is 16.9 Å². The molecule has 0 N–H and O–H groups in total. The molecule has 3 saturated heterocycles. The SMILES string of the molecule is CCCOc1c(C)cc(-c2ccc3c(c2)CCC(C)(C)[C@H]3N(C(=O)[O-])[C@@H]2CN3CCC2CC3)cc1C. The lowest BCUT2D eigenvalue weighted by atomic mass is 9.68. The van der Waals surface area contributed by atoms with Crippen LogP contribution < -0.4 is 9.84 Å². The van der Waals surface area contributed by atoms with Gasteiger partial charge >= 0.3 is 0 Å². The summed E-state index contributed by atoms with van der Waals surface area (Å²) in [5, 5.41) is 12.7. The molecule has 2 aromatic rings. The number of hydrogen-bond acceptors (Lipinski definition) is 4. The molecule has 36 heavy (non-hydrogen) atoms. The highest BCUT2D eigenvalue weighted by Crippen LogP contribution is 2.50. The molecule has 0 unspecified atom stereocenters. The molecule has 3 fully saturated rings. The summed E-state index contributed by atoms with van der Waals surface area (Å²) in [6, 6.07) is 10.9. The van der Waals surface area contributed by atoms with Crippen LogP contribution in [0.25, 0.3) is 11.1 Å². The molecule has 0 aromatic heterocycles. The van der Waals surface area contributed by atoms with E-state index in [-0.39, 0.29) is 17.5 Å². The van der Waals surface area contributed by atoms with Gasteiger partial charge in [-0.05, 0) is 116 Å². The van der Waals surface area contributed by atoms with E-state index in [9.17, 15) is 9.90 Å². The molecule has 2 atom stereocenters. The third kappa shape index (κ3) is 4.51. The minimum atomic E-state index is -1.02. The minimum Gasteiger partial charge on any atom is -0.530 e. The Morgan fingerprint density at radius 3 is 2.39 bits per heavy atom. The highest BCUT2D eigenvalue weighted by Gasteiger charge is 2.46. The first kappa shape index (κ1) is 25.1. The van der Waals surface area contributed by atoms with E-state index in [4.69, 9.17) is 4.74 Å². The van der Waals surface area contributed by atoms with Gasteiger partial charge in [-0.1, -0.05) is 39.0 Å². The topological polar surface area (TPSA) is 55.8 Å². The molecule has 3 heterocycles. The van der Waals surface area contributed by atoms with E-state index >= 15 is 0 Å². The van der Waals surface area contributed by atoms with Gasteiger partial charge in [-0.2, -0.15) is 0 Å². The summed E-state index contributed by atoms with van der Waals surface area (Å²) in [7, 11) is 0. The summed E-state index contributed by atoms with van der Waals surface area (Å²) in [6.45, 7) is 14.6. The fourth-order valence-electron chi connectivity index (χ4n) is 7.04. The number of fused-ring (bicyclic) bond motifs is 4. The summed E-state index contributed by atoms with van der Waals surface area (Å²) < 4.78 is 5.99. The van der Waals surface area contributed by atoms with Crippen LogP contribution in [-0.2, 0) is 6.42 Å². The molecule has 194 valence electrons. The average Bonchev–Trinajstić information content (AvgIpc) is 2.85. The van der Waals surface area contributed by atoms with E-state index in [1.807, 2.05) is 0 Å². The van der Waals surface area contributed by atoms with Crippen LogP contribution in [0.4, 0.5) is 4.79 Å². The summed E-state index contributed by atoms with van der Waals surface area (Å²) in [5.74, 6) is 1.43. The van der Waals surface area contributed by atoms with E-state index in [1.165, 1.54) is 16.7 Å². The van der Waals surface area contributed by atoms with Crippen molar-refractivity contribution in [2.75, 3.05) is 26.2 Å². The Balaban J connectivity index is 1.51. The van der Waals surface area contributed by atoms with E-state index in [2.05, 4.69) is 69.9 Å². The highest BCUT2D eigenvalue weighted by molar-refractivity contribution is 5.70. The average molecular weight is 490 g/mol. The summed E-state index contributed by atoms with van der Waals surface area (Å²) in [4.78, 5) is 16.9. The third-order valence-corrected chi connectivity index (χ3v) is 8.93. The molecular formula is C31H41N2O3-. The van der Waals surface area contributed by atoms with E-state index in [0.717, 1.165) is 80.8 Å². The van der Waals surface area contributed by atoms with Crippen LogP contribution in [0.1, 0.15) is 74.8 Å². The van der Waals surface area contributed by atoms with Gasteiger partial charge in [-0.15, -0.1) is 0 Å². The van der Waals surface area contributed by atoms with Gasteiger partial charge in [0.05, 0.1) is 12.6 Å². The second-order valence-electron chi connectivity index (χ2n) is 12.0. The Bertz CT molecular complexity index is 1110. The molecule has 6 rings (SSSR count). The molecular weight excluding hydrogens is 448 g/mol. The molecule has 5 nitrogen and oxygen atoms in total. The van der Waals surface area contributed by atoms with Gasteiger partial charge in [0.1, 0.15) is 11.8 Å². The maximum absolute atomic E-state index is 12.7. The summed E-state index contributed by atoms with van der Waals surface area (Å²) >= 11 is 0. The first-order valence-electron chi connectivity index (χ1n) is 13.8. The molecule has 0 radical (unpaired) electrons. The first-order valence-corrected chi connectivity index (χ1v) is 13.8. The van der Waals surface area contributed by atoms with Gasteiger partial charge in [0, 0.05) is 12.6 Å². The second kappa shape index (κ2) is 9.74. The molecule has 4 aliphatic rings. The van der Waals surface area contributed by atoms with Crippen molar-refractivity contribution in [3.63, 3.8) is 0 Å². The summed E-state index contributed by atoms with van der Waals surface area (Å²) in [5.41, 5.74) is 6.96. The lowest BCUT2D eigenvalue weighted by Gasteiger charge is -2.56. The van der Waals surface area contributed by atoms with Gasteiger partial charge in [-0.3, -0.25) is 0 Å². The van der Waals surface area contributed by atoms with Crippen molar-refractivity contribution in [1.82, 2.24) is 9.80 Å². The molecule has 3 aliphatic heterocycles. The Morgan fingerprint density at radius 2 is 1.81 bits per heavy atom. The molecule has 0 spiro atoms. The molecule has 2 bridgehead atoms. The predicted octanol–water partition coefficient (Wildman–Crippen LogP) is 5.51. The number of piperidine rings is 3. The van der Waals surface area contributed by atoms with Gasteiger partial charge in [0.25, 0.3) is 0 Å². The van der Waals surface area contributed by atoms with Crippen molar-refractivity contribution in [3.05, 3.63) is 52.6 Å². The van der Waals surface area contributed by atoms with Crippen molar-refractivity contribution in [2.24, 2.45) is 11.3 Å². The van der Waals surface area contributed by atoms with Gasteiger partial charge in [-0.25, -0.2) is 0 Å². The fourth-order valence-corrected chi connectivity index (χ4v) is 7.04. The van der Waals surface area contributed by atoms with Crippen LogP contribution in [-0.4, -0.2) is 48.2 Å². The number of nitrogens with zero attached hydrogens (tertiary/aromatic N) is 2. The number of aryl methyl sites for hydroxylation is 3. The number of carbonyl (C=O) groups is 1. The maximum atomic E-state index is 12.7. The maximum Gasteiger partial charge on any atom is 0.137 e. The Hall–Kier alpha value is -2.53. The number of rotatable bonds is 6. The largest absolute Gasteiger partial charge is 0.530 e. The summed E-state index contributed by atoms with van der Waals surface area (Å²) in [6.07, 6.45) is 4.07. The lowest BCUT2D eigenvalue weighted by Crippen LogP contribution is -2.63. The number of carbonyl (C=O) groups excluding carboxylic acids is 1. The number of benzene rings is 2. The normalized spacial score (nSPS) is 26.4. The number of carboxylic acid groups (broad SMARTS) is 1. The Kier molecular flexibility index (Phi) is 6.80. The quantitative estimate of drug-likeness (QED) is 0.537. The zero-order valence-corrected chi connectivity index (χ0v) is 22.6. The van der Waals surface area contributed by atoms with Gasteiger partial charge < -0.3 is 24.4 Å². The van der Waals surface area contributed by atoms with Crippen LogP contribution in [0.2, 0.25) is 0 Å². The van der Waals surface area contributed by atoms with Crippen LogP contribution in [0, 0.1) is 25.2 Å². The minimum absolute atomic E-state index is 0.0216. The number of ether oxygens (including phenoxy) is 1. The third-order valence-electron chi connectivity index (χ3n) is 8.93. The van der Waals surface area contributed by atoms with E-state index in [0.29, 0.717) is 5.92 Å². The van der Waals surface area contributed by atoms with Gasteiger partial charge in [0.2, 0.25) is 0 Å². The van der Waals surface area contributed by atoms with Crippen LogP contribution in [0.5, 0.6) is 5.75 Å². The molecule has 2 aromatic carbocycles. The number of hydrogen-bond donors (Lipinski definition) is 0. The predicted molar refractivity (Wildman–Crippen MR) is 142 cm³/mol. The van der Waals surface area contributed by atoms with Crippen LogP contribution >= 0.6 is 0 Å². The zero-order valence-electron chi connectivity index (χ0n) is 22.6. The zero-order chi connectivity index (χ0) is 25.6. The monoisotopic (exact) mass is 489 g/mol. The first-order chi connectivity index (χ1) is 17.2. The Morgan fingerprint density at radius 1 is 1.11 bits per heavy atom. The smallest absolute Gasteiger partial charge is 0.137 e. The molecule has 5 heteroatoms. The van der Waals surface area contributed by atoms with E-state index < -0.39 is 6.09 Å². The van der Waals surface area contributed by atoms with Crippen molar-refractivity contribution < 1.29 is 14.6 Å². The second-order valence-corrected chi connectivity index (χ2v) is 12.0. The lowest BCUT2D eigenvalue weighted by molar-refractivity contribution is -0.277.